The normalized spacial score (nSPS) is 25.6. The molecule has 1 fully saturated rings. The van der Waals surface area contributed by atoms with E-state index < -0.39 is 0 Å². The minimum Gasteiger partial charge on any atom is -0.494 e. The lowest BCUT2D eigenvalue weighted by molar-refractivity contribution is -0.0932. The topological polar surface area (TPSA) is 29.5 Å². The zero-order valence-corrected chi connectivity index (χ0v) is 11.6. The Balaban J connectivity index is 2.17. The second-order valence-corrected chi connectivity index (χ2v) is 5.25. The first-order valence-corrected chi connectivity index (χ1v) is 7.08. The maximum absolute atomic E-state index is 10.1. The molecule has 1 N–H and O–H groups in total. The van der Waals surface area contributed by atoms with Crippen molar-refractivity contribution in [2.75, 3.05) is 6.61 Å². The highest BCUT2D eigenvalue weighted by Crippen LogP contribution is 2.57. The van der Waals surface area contributed by atoms with Crippen LogP contribution in [0.4, 0.5) is 0 Å². The number of hydrogen-bond donors (Lipinski definition) is 1. The molecule has 2 heteroatoms. The van der Waals surface area contributed by atoms with E-state index in [1.165, 1.54) is 5.56 Å². The molecule has 2 rings (SSSR count). The van der Waals surface area contributed by atoms with Gasteiger partial charge in [0, 0.05) is 5.41 Å². The average Bonchev–Trinajstić information content (AvgIpc) is 2.39. The van der Waals surface area contributed by atoms with Crippen LogP contribution in [0.5, 0.6) is 5.75 Å². The van der Waals surface area contributed by atoms with Crippen LogP contribution in [0.25, 0.3) is 0 Å². The molecule has 1 aromatic carbocycles. The Hall–Kier alpha value is -1.02. The zero-order chi connectivity index (χ0) is 13.2. The van der Waals surface area contributed by atoms with Crippen LogP contribution in [-0.2, 0) is 0 Å². The summed E-state index contributed by atoms with van der Waals surface area (Å²) in [6, 6.07) is 8.39. The maximum atomic E-state index is 10.1. The van der Waals surface area contributed by atoms with E-state index in [2.05, 4.69) is 26.0 Å². The predicted octanol–water partition coefficient (Wildman–Crippen LogP) is 3.74. The molecule has 0 aliphatic heterocycles. The molecule has 0 heterocycles. The van der Waals surface area contributed by atoms with Crippen LogP contribution in [0.2, 0.25) is 0 Å². The van der Waals surface area contributed by atoms with Gasteiger partial charge in [0.2, 0.25) is 0 Å². The van der Waals surface area contributed by atoms with Crippen LogP contribution in [0.1, 0.15) is 51.5 Å². The molecule has 1 saturated carbocycles. The third-order valence-electron chi connectivity index (χ3n) is 4.73. The van der Waals surface area contributed by atoms with Crippen LogP contribution in [0, 0.1) is 5.41 Å². The molecule has 0 aromatic heterocycles. The van der Waals surface area contributed by atoms with Crippen molar-refractivity contribution in [3.63, 3.8) is 0 Å². The molecule has 1 aromatic rings. The quantitative estimate of drug-likeness (QED) is 0.860. The summed E-state index contributed by atoms with van der Waals surface area (Å²) >= 11 is 0. The fourth-order valence-corrected chi connectivity index (χ4v) is 3.41. The Bertz CT molecular complexity index is 379. The van der Waals surface area contributed by atoms with Crippen LogP contribution in [-0.4, -0.2) is 17.8 Å². The van der Waals surface area contributed by atoms with Gasteiger partial charge in [-0.25, -0.2) is 0 Å². The lowest BCUT2D eigenvalue weighted by Gasteiger charge is -2.53. The van der Waals surface area contributed by atoms with Gasteiger partial charge >= 0.3 is 0 Å². The molecule has 0 saturated heterocycles. The van der Waals surface area contributed by atoms with Gasteiger partial charge in [-0.3, -0.25) is 0 Å². The van der Waals surface area contributed by atoms with E-state index in [4.69, 9.17) is 4.74 Å². The monoisotopic (exact) mass is 248 g/mol. The third-order valence-corrected chi connectivity index (χ3v) is 4.73. The van der Waals surface area contributed by atoms with Gasteiger partial charge in [0.15, 0.2) is 0 Å². The summed E-state index contributed by atoms with van der Waals surface area (Å²) in [6.45, 7) is 7.08. The van der Waals surface area contributed by atoms with Gasteiger partial charge in [-0.05, 0) is 49.8 Å². The van der Waals surface area contributed by atoms with Crippen molar-refractivity contribution in [3.05, 3.63) is 29.8 Å². The van der Waals surface area contributed by atoms with Crippen LogP contribution in [0.3, 0.4) is 0 Å². The van der Waals surface area contributed by atoms with Crippen molar-refractivity contribution in [2.24, 2.45) is 5.41 Å². The molecule has 0 radical (unpaired) electrons. The summed E-state index contributed by atoms with van der Waals surface area (Å²) in [5.74, 6) is 1.43. The smallest absolute Gasteiger partial charge is 0.119 e. The van der Waals surface area contributed by atoms with E-state index in [0.717, 1.165) is 25.0 Å². The minimum atomic E-state index is -0.135. The van der Waals surface area contributed by atoms with E-state index >= 15 is 0 Å². The van der Waals surface area contributed by atoms with Crippen LogP contribution >= 0.6 is 0 Å². The molecule has 0 bridgehead atoms. The Morgan fingerprint density at radius 3 is 2.22 bits per heavy atom. The van der Waals surface area contributed by atoms with E-state index in [1.807, 2.05) is 19.1 Å². The zero-order valence-electron chi connectivity index (χ0n) is 11.6. The molecule has 0 amide bonds. The third kappa shape index (κ3) is 2.03. The van der Waals surface area contributed by atoms with Crippen LogP contribution < -0.4 is 4.74 Å². The molecular formula is C16H24O2. The van der Waals surface area contributed by atoms with E-state index in [1.54, 1.807) is 0 Å². The van der Waals surface area contributed by atoms with E-state index in [0.29, 0.717) is 12.5 Å². The van der Waals surface area contributed by atoms with Gasteiger partial charge in [-0.1, -0.05) is 26.0 Å². The first-order chi connectivity index (χ1) is 8.67. The SMILES string of the molecule is CCOc1ccc(C2CC(O)C2(CC)CC)cc1. The number of aliphatic hydroxyl groups is 1. The van der Waals surface area contributed by atoms with Crippen molar-refractivity contribution < 1.29 is 9.84 Å². The molecule has 2 unspecified atom stereocenters. The number of aliphatic hydroxyl groups excluding tert-OH is 1. The van der Waals surface area contributed by atoms with Crippen molar-refractivity contribution >= 4 is 0 Å². The molecular weight excluding hydrogens is 224 g/mol. The van der Waals surface area contributed by atoms with Crippen molar-refractivity contribution in [1.29, 1.82) is 0 Å². The Morgan fingerprint density at radius 1 is 1.17 bits per heavy atom. The molecule has 1 aliphatic rings. The summed E-state index contributed by atoms with van der Waals surface area (Å²) in [7, 11) is 0. The molecule has 2 atom stereocenters. The number of ether oxygens (including phenoxy) is 1. The second-order valence-electron chi connectivity index (χ2n) is 5.25. The lowest BCUT2D eigenvalue weighted by Crippen LogP contribution is -2.50. The first kappa shape index (κ1) is 13.4. The molecule has 2 nitrogen and oxygen atoms in total. The average molecular weight is 248 g/mol. The molecule has 100 valence electrons. The first-order valence-electron chi connectivity index (χ1n) is 7.08. The van der Waals surface area contributed by atoms with Gasteiger partial charge in [0.05, 0.1) is 12.7 Å². The summed E-state index contributed by atoms with van der Waals surface area (Å²) in [6.07, 6.45) is 2.85. The standard InChI is InChI=1S/C16H24O2/c1-4-16(5-2)14(11-15(16)17)12-7-9-13(10-8-12)18-6-3/h7-10,14-15,17H,4-6,11H2,1-3H3. The maximum Gasteiger partial charge on any atom is 0.119 e. The number of hydrogen-bond acceptors (Lipinski definition) is 2. The highest BCUT2D eigenvalue weighted by molar-refractivity contribution is 5.33. The van der Waals surface area contributed by atoms with E-state index in [-0.39, 0.29) is 11.5 Å². The summed E-state index contributed by atoms with van der Waals surface area (Å²) in [4.78, 5) is 0. The van der Waals surface area contributed by atoms with Gasteiger partial charge in [-0.15, -0.1) is 0 Å². The second kappa shape index (κ2) is 5.31. The minimum absolute atomic E-state index is 0.0904. The summed E-state index contributed by atoms with van der Waals surface area (Å²) < 4.78 is 5.47. The highest BCUT2D eigenvalue weighted by Gasteiger charge is 2.52. The number of rotatable bonds is 5. The van der Waals surface area contributed by atoms with Crippen molar-refractivity contribution in [3.8, 4) is 5.75 Å². The van der Waals surface area contributed by atoms with Gasteiger partial charge < -0.3 is 9.84 Å². The van der Waals surface area contributed by atoms with Crippen molar-refractivity contribution in [2.45, 2.75) is 52.1 Å². The van der Waals surface area contributed by atoms with E-state index in [9.17, 15) is 5.11 Å². The fraction of sp³-hybridized carbons (Fsp3) is 0.625. The number of benzene rings is 1. The predicted molar refractivity (Wildman–Crippen MR) is 74.0 cm³/mol. The van der Waals surface area contributed by atoms with Gasteiger partial charge in [0.1, 0.15) is 5.75 Å². The van der Waals surface area contributed by atoms with Crippen molar-refractivity contribution in [1.82, 2.24) is 0 Å². The summed E-state index contributed by atoms with van der Waals surface area (Å²) in [5, 5.41) is 10.1. The Morgan fingerprint density at radius 2 is 1.78 bits per heavy atom. The molecule has 18 heavy (non-hydrogen) atoms. The lowest BCUT2D eigenvalue weighted by atomic mass is 9.53. The Kier molecular flexibility index (Phi) is 3.96. The highest BCUT2D eigenvalue weighted by atomic mass is 16.5. The van der Waals surface area contributed by atoms with Gasteiger partial charge in [0.25, 0.3) is 0 Å². The fourth-order valence-electron chi connectivity index (χ4n) is 3.41. The Labute approximate surface area is 110 Å². The van der Waals surface area contributed by atoms with Crippen LogP contribution in [0.15, 0.2) is 24.3 Å². The molecule has 1 aliphatic carbocycles. The molecule has 0 spiro atoms. The van der Waals surface area contributed by atoms with Gasteiger partial charge in [-0.2, -0.15) is 0 Å². The summed E-state index contributed by atoms with van der Waals surface area (Å²) in [5.41, 5.74) is 1.43. The largest absolute Gasteiger partial charge is 0.494 e.